The molecule has 0 amide bonds. The molecule has 0 radical (unpaired) electrons. The molecule has 0 fully saturated rings. The molecule has 0 aromatic carbocycles. The van der Waals surface area contributed by atoms with Gasteiger partial charge in [-0.1, -0.05) is 6.08 Å². The molecule has 1 N–H and O–H groups in total. The van der Waals surface area contributed by atoms with Crippen LogP contribution in [0.3, 0.4) is 0 Å². The summed E-state index contributed by atoms with van der Waals surface area (Å²) in [6.07, 6.45) is 9.64. The fourth-order valence-electron chi connectivity index (χ4n) is 0.822. The minimum atomic E-state index is 1.19. The number of nitrogens with zero attached hydrogens (tertiary/aromatic N) is 1. The highest BCUT2D eigenvalue weighted by Gasteiger charge is 2.08. The van der Waals surface area contributed by atoms with E-state index in [0.717, 1.165) is 0 Å². The highest BCUT2D eigenvalue weighted by molar-refractivity contribution is 8.01. The highest BCUT2D eigenvalue weighted by atomic mass is 32.2. The summed E-state index contributed by atoms with van der Waals surface area (Å²) in [5, 5.41) is 0. The molecule has 0 aliphatic carbocycles. The van der Waals surface area contributed by atoms with Crippen LogP contribution in [0.1, 0.15) is 0 Å². The lowest BCUT2D eigenvalue weighted by Gasteiger charge is -1.96. The summed E-state index contributed by atoms with van der Waals surface area (Å²) >= 11 is 1.59. The van der Waals surface area contributed by atoms with Gasteiger partial charge in [-0.2, -0.15) is 0 Å². The van der Waals surface area contributed by atoms with Crippen LogP contribution >= 0.6 is 11.9 Å². The van der Waals surface area contributed by atoms with Crippen molar-refractivity contribution in [2.45, 2.75) is 0 Å². The Morgan fingerprint density at radius 1 is 1.50 bits per heavy atom. The van der Waals surface area contributed by atoms with E-state index >= 15 is 0 Å². The first kappa shape index (κ1) is 5.80. The number of hydrogen-bond donors (Lipinski definition) is 1. The Hall–Kier alpha value is -0.960. The fraction of sp³-hybridized carbons (Fsp3) is 0. The van der Waals surface area contributed by atoms with Gasteiger partial charge in [0.2, 0.25) is 0 Å². The normalized spacial score (nSPS) is 20.8. The molecule has 0 saturated carbocycles. The largest absolute Gasteiger partial charge is 0.332 e. The van der Waals surface area contributed by atoms with E-state index in [9.17, 15) is 0 Å². The van der Waals surface area contributed by atoms with Crippen molar-refractivity contribution in [1.82, 2.24) is 4.72 Å². The van der Waals surface area contributed by atoms with Crippen LogP contribution in [-0.2, 0) is 0 Å². The van der Waals surface area contributed by atoms with E-state index in [1.165, 1.54) is 10.5 Å². The predicted molar refractivity (Wildman–Crippen MR) is 44.5 cm³/mol. The standard InChI is InChI=1S/C7H6N2S/c1-2-6-4-8-5-7(6)10-9-3-1/h1-5,9H. The van der Waals surface area contributed by atoms with Crippen molar-refractivity contribution in [3.8, 4) is 0 Å². The first-order chi connectivity index (χ1) is 4.97. The van der Waals surface area contributed by atoms with Gasteiger partial charge >= 0.3 is 0 Å². The van der Waals surface area contributed by atoms with Crippen LogP contribution in [0.5, 0.6) is 0 Å². The molecule has 0 atom stereocenters. The van der Waals surface area contributed by atoms with Crippen LogP contribution in [0.2, 0.25) is 0 Å². The minimum absolute atomic E-state index is 1.19. The van der Waals surface area contributed by atoms with Gasteiger partial charge in [0.05, 0.1) is 4.91 Å². The average molecular weight is 150 g/mol. The Kier molecular flexibility index (Phi) is 1.36. The van der Waals surface area contributed by atoms with Gasteiger partial charge in [0.15, 0.2) is 0 Å². The molecule has 2 heterocycles. The quantitative estimate of drug-likeness (QED) is 0.530. The number of hydrogen-bond acceptors (Lipinski definition) is 3. The van der Waals surface area contributed by atoms with E-state index in [1.54, 1.807) is 11.9 Å². The van der Waals surface area contributed by atoms with E-state index < -0.39 is 0 Å². The number of nitrogens with one attached hydrogen (secondary N) is 1. The maximum Gasteiger partial charge on any atom is 0.0555 e. The molecular formula is C7H6N2S. The second kappa shape index (κ2) is 2.34. The molecule has 0 saturated heterocycles. The molecule has 10 heavy (non-hydrogen) atoms. The third kappa shape index (κ3) is 0.885. The molecule has 0 bridgehead atoms. The van der Waals surface area contributed by atoms with Gasteiger partial charge in [-0.05, 0) is 18.0 Å². The summed E-state index contributed by atoms with van der Waals surface area (Å²) in [6.45, 7) is 0. The van der Waals surface area contributed by atoms with E-state index in [0.29, 0.717) is 0 Å². The maximum absolute atomic E-state index is 4.02. The smallest absolute Gasteiger partial charge is 0.0555 e. The SMILES string of the molecule is C1=CNSC2=CN=CC2=C1. The van der Waals surface area contributed by atoms with Crippen molar-refractivity contribution in [3.05, 3.63) is 35.0 Å². The van der Waals surface area contributed by atoms with E-state index in [2.05, 4.69) is 9.71 Å². The zero-order valence-electron chi connectivity index (χ0n) is 5.24. The van der Waals surface area contributed by atoms with Crippen LogP contribution in [0, 0.1) is 0 Å². The van der Waals surface area contributed by atoms with Crippen molar-refractivity contribution in [1.29, 1.82) is 0 Å². The minimum Gasteiger partial charge on any atom is -0.332 e. The molecule has 0 unspecified atom stereocenters. The Bertz CT molecular complexity index is 261. The van der Waals surface area contributed by atoms with E-state index in [-0.39, 0.29) is 0 Å². The number of aliphatic imine (C=N–C) groups is 1. The summed E-state index contributed by atoms with van der Waals surface area (Å²) in [5.41, 5.74) is 1.19. The van der Waals surface area contributed by atoms with Gasteiger partial charge < -0.3 is 4.72 Å². The second-order valence-corrected chi connectivity index (χ2v) is 2.85. The van der Waals surface area contributed by atoms with Crippen molar-refractivity contribution < 1.29 is 0 Å². The molecule has 2 aliphatic heterocycles. The van der Waals surface area contributed by atoms with Gasteiger partial charge in [-0.3, -0.25) is 4.99 Å². The summed E-state index contributed by atoms with van der Waals surface area (Å²) in [6, 6.07) is 0. The third-order valence-corrected chi connectivity index (χ3v) is 2.11. The molecule has 0 aromatic heterocycles. The number of rotatable bonds is 0. The lowest BCUT2D eigenvalue weighted by atomic mass is 10.3. The van der Waals surface area contributed by atoms with Gasteiger partial charge in [0.1, 0.15) is 0 Å². The maximum atomic E-state index is 4.02. The molecule has 50 valence electrons. The topological polar surface area (TPSA) is 24.4 Å². The lowest BCUT2D eigenvalue weighted by molar-refractivity contribution is 1.43. The zero-order chi connectivity index (χ0) is 6.81. The fourth-order valence-corrected chi connectivity index (χ4v) is 1.45. The summed E-state index contributed by atoms with van der Waals surface area (Å²) in [4.78, 5) is 5.20. The van der Waals surface area contributed by atoms with E-state index in [4.69, 9.17) is 0 Å². The molecular weight excluding hydrogens is 144 g/mol. The van der Waals surface area contributed by atoms with Crippen LogP contribution in [0.25, 0.3) is 0 Å². The van der Waals surface area contributed by atoms with E-state index in [1.807, 2.05) is 30.8 Å². The first-order valence-electron chi connectivity index (χ1n) is 3.00. The Morgan fingerprint density at radius 3 is 3.50 bits per heavy atom. The zero-order valence-corrected chi connectivity index (χ0v) is 6.06. The van der Waals surface area contributed by atoms with Crippen LogP contribution in [0.4, 0.5) is 0 Å². The van der Waals surface area contributed by atoms with Crippen molar-refractivity contribution in [2.24, 2.45) is 4.99 Å². The molecule has 0 spiro atoms. The van der Waals surface area contributed by atoms with Crippen molar-refractivity contribution >= 4 is 18.2 Å². The molecule has 3 heteroatoms. The summed E-state index contributed by atoms with van der Waals surface area (Å²) in [5.74, 6) is 0. The summed E-state index contributed by atoms with van der Waals surface area (Å²) in [7, 11) is 0. The Morgan fingerprint density at radius 2 is 2.50 bits per heavy atom. The molecule has 2 rings (SSSR count). The van der Waals surface area contributed by atoms with Crippen LogP contribution in [0.15, 0.2) is 40.0 Å². The monoisotopic (exact) mass is 150 g/mol. The molecule has 2 aliphatic rings. The van der Waals surface area contributed by atoms with Gasteiger partial charge in [0.25, 0.3) is 0 Å². The highest BCUT2D eigenvalue weighted by Crippen LogP contribution is 2.25. The average Bonchev–Trinajstić information content (AvgIpc) is 2.28. The van der Waals surface area contributed by atoms with Crippen molar-refractivity contribution in [3.63, 3.8) is 0 Å². The van der Waals surface area contributed by atoms with Crippen LogP contribution in [-0.4, -0.2) is 6.21 Å². The predicted octanol–water partition coefficient (Wildman–Crippen LogP) is 1.60. The number of fused-ring (bicyclic) bond motifs is 1. The number of allylic oxidation sites excluding steroid dienone is 3. The van der Waals surface area contributed by atoms with Crippen molar-refractivity contribution in [2.75, 3.05) is 0 Å². The van der Waals surface area contributed by atoms with Gasteiger partial charge in [-0.25, -0.2) is 0 Å². The second-order valence-electron chi connectivity index (χ2n) is 1.97. The summed E-state index contributed by atoms with van der Waals surface area (Å²) < 4.78 is 3.05. The lowest BCUT2D eigenvalue weighted by Crippen LogP contribution is -1.89. The van der Waals surface area contributed by atoms with Gasteiger partial charge in [0, 0.05) is 24.2 Å². The Balaban J connectivity index is 2.36. The molecule has 2 nitrogen and oxygen atoms in total. The Labute approximate surface area is 63.6 Å². The van der Waals surface area contributed by atoms with Crippen LogP contribution < -0.4 is 4.72 Å². The third-order valence-electron chi connectivity index (χ3n) is 1.30. The van der Waals surface area contributed by atoms with Gasteiger partial charge in [-0.15, -0.1) is 0 Å². The molecule has 0 aromatic rings. The first-order valence-corrected chi connectivity index (χ1v) is 3.81.